The van der Waals surface area contributed by atoms with Gasteiger partial charge in [-0.05, 0) is 13.5 Å². The largest absolute Gasteiger partial charge is 0.424 e. The molecular weight excluding hydrogens is 154 g/mol. The zero-order chi connectivity index (χ0) is 8.97. The van der Waals surface area contributed by atoms with Crippen molar-refractivity contribution in [2.45, 2.75) is 33.2 Å². The van der Waals surface area contributed by atoms with Gasteiger partial charge in [-0.25, -0.2) is 0 Å². The molecule has 1 N–H and O–H groups in total. The number of hydrogen-bond acceptors (Lipinski definition) is 4. The highest BCUT2D eigenvalue weighted by molar-refractivity contribution is 4.87. The molecule has 0 bridgehead atoms. The third-order valence-electron chi connectivity index (χ3n) is 1.67. The van der Waals surface area contributed by atoms with Crippen molar-refractivity contribution in [2.24, 2.45) is 0 Å². The van der Waals surface area contributed by atoms with Crippen molar-refractivity contribution in [1.29, 1.82) is 0 Å². The fourth-order valence-corrected chi connectivity index (χ4v) is 0.978. The molecule has 0 fully saturated rings. The molecule has 0 saturated heterocycles. The summed E-state index contributed by atoms with van der Waals surface area (Å²) in [5, 5.41) is 11.0. The fourth-order valence-electron chi connectivity index (χ4n) is 0.978. The van der Waals surface area contributed by atoms with Gasteiger partial charge in [0.15, 0.2) is 0 Å². The summed E-state index contributed by atoms with van der Waals surface area (Å²) in [6.07, 6.45) is 0.797. The summed E-state index contributed by atoms with van der Waals surface area (Å²) < 4.78 is 5.36. The Hall–Kier alpha value is -0.900. The quantitative estimate of drug-likeness (QED) is 0.738. The van der Waals surface area contributed by atoms with Crippen molar-refractivity contribution in [1.82, 2.24) is 15.5 Å². The first-order valence-electron chi connectivity index (χ1n) is 4.33. The Morgan fingerprint density at radius 1 is 1.42 bits per heavy atom. The number of nitrogens with one attached hydrogen (secondary N) is 1. The van der Waals surface area contributed by atoms with Gasteiger partial charge in [-0.3, -0.25) is 0 Å². The van der Waals surface area contributed by atoms with Crippen LogP contribution in [0.4, 0.5) is 0 Å². The average molecular weight is 169 g/mol. The molecule has 0 aliphatic carbocycles. The standard InChI is InChI=1S/C8H15N3O/c1-4-7-10-11-8(12-7)6(3)9-5-2/h6,9H,4-5H2,1-3H3. The summed E-state index contributed by atoms with van der Waals surface area (Å²) in [6, 6.07) is 0.155. The van der Waals surface area contributed by atoms with Gasteiger partial charge in [0.25, 0.3) is 0 Å². The van der Waals surface area contributed by atoms with Crippen molar-refractivity contribution in [3.63, 3.8) is 0 Å². The van der Waals surface area contributed by atoms with Crippen LogP contribution in [0.25, 0.3) is 0 Å². The van der Waals surface area contributed by atoms with E-state index in [1.807, 2.05) is 20.8 Å². The molecule has 1 atom stereocenters. The lowest BCUT2D eigenvalue weighted by Crippen LogP contribution is -2.17. The van der Waals surface area contributed by atoms with Crippen LogP contribution in [0.5, 0.6) is 0 Å². The normalized spacial score (nSPS) is 13.2. The number of aromatic nitrogens is 2. The van der Waals surface area contributed by atoms with Gasteiger partial charge in [-0.1, -0.05) is 13.8 Å². The van der Waals surface area contributed by atoms with Gasteiger partial charge in [-0.15, -0.1) is 10.2 Å². The number of hydrogen-bond donors (Lipinski definition) is 1. The van der Waals surface area contributed by atoms with E-state index in [0.29, 0.717) is 11.8 Å². The molecule has 0 amide bonds. The molecule has 0 saturated carbocycles. The molecule has 0 aliphatic rings. The predicted octanol–water partition coefficient (Wildman–Crippen LogP) is 1.30. The van der Waals surface area contributed by atoms with E-state index in [1.54, 1.807) is 0 Å². The van der Waals surface area contributed by atoms with E-state index in [-0.39, 0.29) is 6.04 Å². The lowest BCUT2D eigenvalue weighted by molar-refractivity contribution is 0.399. The van der Waals surface area contributed by atoms with Crippen LogP contribution >= 0.6 is 0 Å². The third-order valence-corrected chi connectivity index (χ3v) is 1.67. The van der Waals surface area contributed by atoms with Crippen LogP contribution in [0.15, 0.2) is 4.42 Å². The first kappa shape index (κ1) is 9.19. The zero-order valence-electron chi connectivity index (χ0n) is 7.79. The second-order valence-electron chi connectivity index (χ2n) is 2.67. The molecule has 1 aromatic heterocycles. The summed E-state index contributed by atoms with van der Waals surface area (Å²) in [5.41, 5.74) is 0. The molecule has 1 rings (SSSR count). The maximum Gasteiger partial charge on any atom is 0.233 e. The highest BCUT2D eigenvalue weighted by Crippen LogP contribution is 2.09. The molecule has 1 heterocycles. The highest BCUT2D eigenvalue weighted by Gasteiger charge is 2.10. The monoisotopic (exact) mass is 169 g/mol. The van der Waals surface area contributed by atoms with Crippen molar-refractivity contribution >= 4 is 0 Å². The predicted molar refractivity (Wildman–Crippen MR) is 45.8 cm³/mol. The van der Waals surface area contributed by atoms with Crippen molar-refractivity contribution < 1.29 is 4.42 Å². The molecule has 0 aromatic carbocycles. The molecule has 0 spiro atoms. The van der Waals surface area contributed by atoms with Gasteiger partial charge in [0.05, 0.1) is 6.04 Å². The summed E-state index contributed by atoms with van der Waals surface area (Å²) in [6.45, 7) is 6.96. The first-order chi connectivity index (χ1) is 5.77. The van der Waals surface area contributed by atoms with Crippen LogP contribution in [-0.4, -0.2) is 16.7 Å². The minimum atomic E-state index is 0.155. The van der Waals surface area contributed by atoms with Crippen LogP contribution in [0.3, 0.4) is 0 Å². The van der Waals surface area contributed by atoms with Gasteiger partial charge in [-0.2, -0.15) is 0 Å². The van der Waals surface area contributed by atoms with Gasteiger partial charge in [0.1, 0.15) is 0 Å². The first-order valence-corrected chi connectivity index (χ1v) is 4.33. The van der Waals surface area contributed by atoms with Crippen molar-refractivity contribution in [3.8, 4) is 0 Å². The summed E-state index contributed by atoms with van der Waals surface area (Å²) >= 11 is 0. The van der Waals surface area contributed by atoms with Gasteiger partial charge in [0, 0.05) is 6.42 Å². The molecule has 4 nitrogen and oxygen atoms in total. The lowest BCUT2D eigenvalue weighted by Gasteiger charge is -2.05. The number of rotatable bonds is 4. The van der Waals surface area contributed by atoms with E-state index in [4.69, 9.17) is 4.42 Å². The molecule has 12 heavy (non-hydrogen) atoms. The Balaban J connectivity index is 2.61. The Morgan fingerprint density at radius 3 is 2.67 bits per heavy atom. The fraction of sp³-hybridized carbons (Fsp3) is 0.750. The molecular formula is C8H15N3O. The van der Waals surface area contributed by atoms with Crippen molar-refractivity contribution in [3.05, 3.63) is 11.8 Å². The molecule has 0 aliphatic heterocycles. The Bertz CT molecular complexity index is 234. The Kier molecular flexibility index (Phi) is 3.22. The van der Waals surface area contributed by atoms with Crippen LogP contribution < -0.4 is 5.32 Å². The SMILES string of the molecule is CCNC(C)c1nnc(CC)o1. The minimum Gasteiger partial charge on any atom is -0.424 e. The van der Waals surface area contributed by atoms with Crippen LogP contribution in [0.1, 0.15) is 38.6 Å². The molecule has 4 heteroatoms. The second-order valence-corrected chi connectivity index (χ2v) is 2.67. The third kappa shape index (κ3) is 2.04. The Morgan fingerprint density at radius 2 is 2.17 bits per heavy atom. The summed E-state index contributed by atoms with van der Waals surface area (Å²) in [7, 11) is 0. The Labute approximate surface area is 72.4 Å². The van der Waals surface area contributed by atoms with E-state index < -0.39 is 0 Å². The van der Waals surface area contributed by atoms with E-state index in [1.165, 1.54) is 0 Å². The molecule has 68 valence electrons. The molecule has 1 unspecified atom stereocenters. The average Bonchev–Trinajstić information content (AvgIpc) is 2.52. The zero-order valence-corrected chi connectivity index (χ0v) is 7.79. The van der Waals surface area contributed by atoms with E-state index >= 15 is 0 Å². The van der Waals surface area contributed by atoms with Gasteiger partial charge in [0.2, 0.25) is 11.8 Å². The van der Waals surface area contributed by atoms with E-state index in [2.05, 4.69) is 15.5 Å². The highest BCUT2D eigenvalue weighted by atomic mass is 16.4. The van der Waals surface area contributed by atoms with Gasteiger partial charge < -0.3 is 9.73 Å². The number of aryl methyl sites for hydroxylation is 1. The smallest absolute Gasteiger partial charge is 0.233 e. The van der Waals surface area contributed by atoms with E-state index in [0.717, 1.165) is 13.0 Å². The van der Waals surface area contributed by atoms with Crippen molar-refractivity contribution in [2.75, 3.05) is 6.54 Å². The second kappa shape index (κ2) is 4.21. The van der Waals surface area contributed by atoms with Crippen LogP contribution in [0.2, 0.25) is 0 Å². The topological polar surface area (TPSA) is 51.0 Å². The summed E-state index contributed by atoms with van der Waals surface area (Å²) in [4.78, 5) is 0. The minimum absolute atomic E-state index is 0.155. The summed E-state index contributed by atoms with van der Waals surface area (Å²) in [5.74, 6) is 1.38. The number of nitrogens with zero attached hydrogens (tertiary/aromatic N) is 2. The van der Waals surface area contributed by atoms with Crippen LogP contribution in [-0.2, 0) is 6.42 Å². The maximum atomic E-state index is 5.36. The van der Waals surface area contributed by atoms with E-state index in [9.17, 15) is 0 Å². The molecule has 1 aromatic rings. The van der Waals surface area contributed by atoms with Gasteiger partial charge >= 0.3 is 0 Å². The molecule has 0 radical (unpaired) electrons. The maximum absolute atomic E-state index is 5.36. The lowest BCUT2D eigenvalue weighted by atomic mass is 10.3. The van der Waals surface area contributed by atoms with Crippen LogP contribution in [0, 0.1) is 0 Å².